The van der Waals surface area contributed by atoms with Gasteiger partial charge < -0.3 is 18.3 Å². The third kappa shape index (κ3) is 7.03. The molecule has 0 unspecified atom stereocenters. The number of hydrogen-bond acceptors (Lipinski definition) is 2. The number of aromatic nitrogens is 4. The maximum atomic E-state index is 2.54. The molecule has 0 spiro atoms. The molecule has 0 fully saturated rings. The largest absolute Gasteiger partial charge is 0.317 e. The molecule has 0 aliphatic heterocycles. The summed E-state index contributed by atoms with van der Waals surface area (Å²) in [4.78, 5) is 0. The van der Waals surface area contributed by atoms with E-state index in [1.807, 2.05) is 22.7 Å². The van der Waals surface area contributed by atoms with Gasteiger partial charge in [-0.05, 0) is 167 Å². The van der Waals surface area contributed by atoms with Gasteiger partial charge in [-0.25, -0.2) is 0 Å². The molecule has 19 rings (SSSR count). The van der Waals surface area contributed by atoms with E-state index in [0.717, 1.165) is 11.4 Å². The first-order valence-electron chi connectivity index (χ1n) is 29.4. The van der Waals surface area contributed by atoms with Gasteiger partial charge in [-0.15, -0.1) is 22.7 Å². The highest BCUT2D eigenvalue weighted by Crippen LogP contribution is 2.47. The molecule has 6 heteroatoms. The van der Waals surface area contributed by atoms with Crippen LogP contribution in [0.2, 0.25) is 0 Å². The maximum absolute atomic E-state index is 2.54. The molecular weight excluding hydrogens is 1080 g/mol. The van der Waals surface area contributed by atoms with Crippen molar-refractivity contribution < 1.29 is 0 Å². The SMILES string of the molecule is c1ccc(-n2ccc3cc(-c4ccc5c(c4)c4ccc(-c6cc(-n7c8ccccc8c8cc(-c9ccc%10c(c9)c9ccccc9n%10-c9cccc%10sc%11ccccc%11c9%10)ccc87)c7c(c6)sc6ccccc67)cc4n5-c4ccccc4)ccc32)cc1. The summed E-state index contributed by atoms with van der Waals surface area (Å²) in [7, 11) is 0. The van der Waals surface area contributed by atoms with Gasteiger partial charge >= 0.3 is 0 Å². The van der Waals surface area contributed by atoms with E-state index < -0.39 is 0 Å². The highest BCUT2D eigenvalue weighted by molar-refractivity contribution is 7.26. The molecule has 6 heterocycles. The van der Waals surface area contributed by atoms with Crippen molar-refractivity contribution in [1.29, 1.82) is 0 Å². The lowest BCUT2D eigenvalue weighted by Gasteiger charge is -2.14. The lowest BCUT2D eigenvalue weighted by molar-refractivity contribution is 1.13. The lowest BCUT2D eigenvalue weighted by Crippen LogP contribution is -1.96. The number of rotatable bonds is 7. The van der Waals surface area contributed by atoms with Gasteiger partial charge in [0.15, 0.2) is 0 Å². The highest BCUT2D eigenvalue weighted by Gasteiger charge is 2.23. The van der Waals surface area contributed by atoms with E-state index in [4.69, 9.17) is 0 Å². The van der Waals surface area contributed by atoms with E-state index >= 15 is 0 Å². The molecule has 0 saturated heterocycles. The molecule has 6 aromatic heterocycles. The minimum absolute atomic E-state index is 1.14. The quantitative estimate of drug-likeness (QED) is 0.152. The van der Waals surface area contributed by atoms with Gasteiger partial charge in [-0.2, -0.15) is 0 Å². The first-order valence-corrected chi connectivity index (χ1v) is 31.0. The van der Waals surface area contributed by atoms with Crippen LogP contribution < -0.4 is 0 Å². The molecule has 0 radical (unpaired) electrons. The third-order valence-electron chi connectivity index (χ3n) is 18.2. The van der Waals surface area contributed by atoms with Gasteiger partial charge in [0.25, 0.3) is 0 Å². The molecule has 0 atom stereocenters. The fourth-order valence-electron chi connectivity index (χ4n) is 14.3. The Hall–Kier alpha value is -10.8. The van der Waals surface area contributed by atoms with Crippen molar-refractivity contribution in [1.82, 2.24) is 18.3 Å². The van der Waals surface area contributed by atoms with Crippen molar-refractivity contribution >= 4 is 139 Å². The minimum atomic E-state index is 1.14. The molecule has 400 valence electrons. The lowest BCUT2D eigenvalue weighted by atomic mass is 9.99. The fourth-order valence-corrected chi connectivity index (χ4v) is 16.6. The molecule has 0 saturated carbocycles. The van der Waals surface area contributed by atoms with Crippen LogP contribution in [-0.2, 0) is 0 Å². The van der Waals surface area contributed by atoms with E-state index in [-0.39, 0.29) is 0 Å². The molecule has 0 aliphatic carbocycles. The Kier molecular flexibility index (Phi) is 10.2. The number of hydrogen-bond donors (Lipinski definition) is 0. The summed E-state index contributed by atoms with van der Waals surface area (Å²) in [5, 5.41) is 13.8. The Bertz CT molecular complexity index is 6020. The predicted molar refractivity (Wildman–Crippen MR) is 368 cm³/mol. The Labute approximate surface area is 501 Å². The average Bonchev–Trinajstić information content (AvgIpc) is 2.13. The Morgan fingerprint density at radius 2 is 0.674 bits per heavy atom. The van der Waals surface area contributed by atoms with Crippen LogP contribution in [0.3, 0.4) is 0 Å². The van der Waals surface area contributed by atoms with Gasteiger partial charge in [-0.1, -0.05) is 152 Å². The predicted octanol–water partition coefficient (Wildman–Crippen LogP) is 22.7. The Morgan fingerprint density at radius 3 is 1.31 bits per heavy atom. The highest BCUT2D eigenvalue weighted by atomic mass is 32.1. The van der Waals surface area contributed by atoms with E-state index in [0.29, 0.717) is 0 Å². The number of fused-ring (bicyclic) bond motifs is 16. The van der Waals surface area contributed by atoms with Gasteiger partial charge in [0.2, 0.25) is 0 Å². The summed E-state index contributed by atoms with van der Waals surface area (Å²) >= 11 is 3.75. The standard InChI is InChI=1S/C80H48N4S2/c1-3-16-56(17-4-1)81-41-40-54-42-49(31-36-66(54)81)50-32-37-69-65(43-50)60-35-30-53(46-73(60)82(69)57-18-5-2-6-19-57)55-47-74(80-62-23-10-14-28-76(62)86-78(80)48-55)84-68-25-12-8-21-59(68)64-45-52(34-39-71(64)84)51-33-38-70-63(44-51)58-20-7-11-24-67(58)83(70)72-26-15-29-77-79(72)61-22-9-13-27-75(61)85-77/h1-48H. The molecule has 86 heavy (non-hydrogen) atoms. The van der Waals surface area contributed by atoms with Crippen LogP contribution in [-0.4, -0.2) is 18.3 Å². The van der Waals surface area contributed by atoms with Crippen molar-refractivity contribution in [3.8, 4) is 56.1 Å². The van der Waals surface area contributed by atoms with Crippen molar-refractivity contribution in [2.75, 3.05) is 0 Å². The van der Waals surface area contributed by atoms with Crippen LogP contribution >= 0.6 is 22.7 Å². The van der Waals surface area contributed by atoms with Crippen LogP contribution in [0.1, 0.15) is 0 Å². The molecule has 0 bridgehead atoms. The van der Waals surface area contributed by atoms with Crippen LogP contribution in [0.15, 0.2) is 291 Å². The number of thiophene rings is 2. The van der Waals surface area contributed by atoms with E-state index in [1.54, 1.807) is 0 Å². The number of benzene rings is 13. The topological polar surface area (TPSA) is 19.7 Å². The smallest absolute Gasteiger partial charge is 0.0561 e. The summed E-state index contributed by atoms with van der Waals surface area (Å²) < 4.78 is 14.9. The zero-order valence-corrected chi connectivity index (χ0v) is 48.0. The summed E-state index contributed by atoms with van der Waals surface area (Å²) in [5.74, 6) is 0. The van der Waals surface area contributed by atoms with Gasteiger partial charge in [0, 0.05) is 95.6 Å². The molecule has 0 N–H and O–H groups in total. The Balaban J connectivity index is 0.768. The van der Waals surface area contributed by atoms with E-state index in [2.05, 4.69) is 310 Å². The molecule has 4 nitrogen and oxygen atoms in total. The van der Waals surface area contributed by atoms with E-state index in [9.17, 15) is 0 Å². The summed E-state index contributed by atoms with van der Waals surface area (Å²) in [6, 6.07) is 106. The first kappa shape index (κ1) is 47.7. The molecule has 0 amide bonds. The summed E-state index contributed by atoms with van der Waals surface area (Å²) in [6.45, 7) is 0. The molecular formula is C80H48N4S2. The fraction of sp³-hybridized carbons (Fsp3) is 0. The summed E-state index contributed by atoms with van der Waals surface area (Å²) in [6.07, 6.45) is 2.18. The zero-order chi connectivity index (χ0) is 56.1. The monoisotopic (exact) mass is 1130 g/mol. The Morgan fingerprint density at radius 1 is 0.221 bits per heavy atom. The second-order valence-electron chi connectivity index (χ2n) is 22.8. The van der Waals surface area contributed by atoms with Crippen molar-refractivity contribution in [2.24, 2.45) is 0 Å². The second-order valence-corrected chi connectivity index (χ2v) is 25.0. The third-order valence-corrected chi connectivity index (χ3v) is 20.4. The number of nitrogens with zero attached hydrogens (tertiary/aromatic N) is 4. The minimum Gasteiger partial charge on any atom is -0.317 e. The van der Waals surface area contributed by atoms with Crippen molar-refractivity contribution in [3.05, 3.63) is 291 Å². The van der Waals surface area contributed by atoms with Crippen LogP contribution in [0.25, 0.3) is 173 Å². The van der Waals surface area contributed by atoms with Gasteiger partial charge in [0.1, 0.15) is 0 Å². The summed E-state index contributed by atoms with van der Waals surface area (Å²) in [5.41, 5.74) is 20.2. The normalized spacial score (nSPS) is 12.2. The van der Waals surface area contributed by atoms with Crippen molar-refractivity contribution in [3.63, 3.8) is 0 Å². The molecule has 19 aromatic rings. The van der Waals surface area contributed by atoms with Crippen LogP contribution in [0, 0.1) is 0 Å². The zero-order valence-electron chi connectivity index (χ0n) is 46.3. The van der Waals surface area contributed by atoms with Crippen LogP contribution in [0.5, 0.6) is 0 Å². The van der Waals surface area contributed by atoms with E-state index in [1.165, 1.54) is 161 Å². The van der Waals surface area contributed by atoms with Crippen molar-refractivity contribution in [2.45, 2.75) is 0 Å². The van der Waals surface area contributed by atoms with Gasteiger partial charge in [-0.3, -0.25) is 0 Å². The average molecular weight is 1130 g/mol. The molecule has 0 aliphatic rings. The second kappa shape index (κ2) is 18.4. The number of para-hydroxylation sites is 4. The maximum Gasteiger partial charge on any atom is 0.0561 e. The first-order chi connectivity index (χ1) is 42.6. The molecule has 13 aromatic carbocycles. The van der Waals surface area contributed by atoms with Crippen LogP contribution in [0.4, 0.5) is 0 Å². The van der Waals surface area contributed by atoms with Gasteiger partial charge in [0.05, 0.1) is 50.0 Å².